The highest BCUT2D eigenvalue weighted by atomic mass is 35.5. The zero-order chi connectivity index (χ0) is 24.6. The summed E-state index contributed by atoms with van der Waals surface area (Å²) >= 11 is 6.06. The molecule has 0 aliphatic carbocycles. The minimum absolute atomic E-state index is 0.183. The normalized spacial score (nSPS) is 15.9. The number of piperidine rings is 1. The number of ether oxygens (including phenoxy) is 1. The van der Waals surface area contributed by atoms with Crippen LogP contribution >= 0.6 is 11.6 Å². The Morgan fingerprint density at radius 3 is 2.43 bits per heavy atom. The molecule has 2 aromatic carbocycles. The maximum absolute atomic E-state index is 13.1. The molecule has 1 aliphatic heterocycles. The second-order valence-electron chi connectivity index (χ2n) is 8.87. The number of amides is 1. The molecule has 0 spiro atoms. The Morgan fingerprint density at radius 1 is 1.00 bits per heavy atom. The van der Waals surface area contributed by atoms with Crippen molar-refractivity contribution in [3.8, 4) is 0 Å². The van der Waals surface area contributed by atoms with Crippen molar-refractivity contribution < 1.29 is 18.7 Å². The highest BCUT2D eigenvalue weighted by molar-refractivity contribution is 6.30. The number of esters is 1. The van der Waals surface area contributed by atoms with Gasteiger partial charge in [-0.15, -0.1) is 0 Å². The molecule has 7 heteroatoms. The van der Waals surface area contributed by atoms with E-state index in [1.165, 1.54) is 5.56 Å². The molecule has 0 bridgehead atoms. The van der Waals surface area contributed by atoms with Gasteiger partial charge in [0.15, 0.2) is 5.76 Å². The smallest absolute Gasteiger partial charge is 0.310 e. The van der Waals surface area contributed by atoms with Crippen molar-refractivity contribution in [3.63, 3.8) is 0 Å². The second-order valence-corrected chi connectivity index (χ2v) is 9.30. The monoisotopic (exact) mass is 494 g/mol. The van der Waals surface area contributed by atoms with E-state index >= 15 is 0 Å². The molecule has 6 nitrogen and oxygen atoms in total. The molecule has 3 aromatic rings. The lowest BCUT2D eigenvalue weighted by atomic mass is 9.98. The summed E-state index contributed by atoms with van der Waals surface area (Å²) in [6.07, 6.45) is 1.51. The van der Waals surface area contributed by atoms with Crippen molar-refractivity contribution in [2.75, 3.05) is 19.7 Å². The summed E-state index contributed by atoms with van der Waals surface area (Å²) in [4.78, 5) is 29.2. The van der Waals surface area contributed by atoms with E-state index < -0.39 is 0 Å². The molecule has 2 heterocycles. The number of likely N-dealkylation sites (tertiary alicyclic amines) is 1. The molecule has 0 radical (unpaired) electrons. The van der Waals surface area contributed by atoms with Crippen molar-refractivity contribution in [1.29, 1.82) is 0 Å². The standard InChI is InChI=1S/C28H31ClN2O4/c1-2-34-28(33)23-9-6-16-31(19-23)27(32)26-15-14-25(35-26)20-30(17-21-7-4-3-5-8-21)18-22-10-12-24(29)13-11-22/h3-5,7-8,10-15,23H,2,6,9,16-20H2,1H3. The Morgan fingerprint density at radius 2 is 1.71 bits per heavy atom. The van der Waals surface area contributed by atoms with E-state index in [0.29, 0.717) is 43.6 Å². The first-order chi connectivity index (χ1) is 17.0. The van der Waals surface area contributed by atoms with Gasteiger partial charge in [-0.05, 0) is 55.2 Å². The lowest BCUT2D eigenvalue weighted by Gasteiger charge is -2.30. The Balaban J connectivity index is 1.44. The fourth-order valence-corrected chi connectivity index (χ4v) is 4.55. The molecule has 184 valence electrons. The predicted octanol–water partition coefficient (Wildman–Crippen LogP) is 5.55. The number of carbonyl (C=O) groups excluding carboxylic acids is 2. The molecule has 1 aromatic heterocycles. The van der Waals surface area contributed by atoms with Gasteiger partial charge in [0.05, 0.1) is 19.1 Å². The average molecular weight is 495 g/mol. The highest BCUT2D eigenvalue weighted by Gasteiger charge is 2.31. The summed E-state index contributed by atoms with van der Waals surface area (Å²) < 4.78 is 11.2. The summed E-state index contributed by atoms with van der Waals surface area (Å²) in [5.41, 5.74) is 2.34. The third-order valence-electron chi connectivity index (χ3n) is 6.15. The molecule has 1 amide bonds. The minimum atomic E-state index is -0.275. The fourth-order valence-electron chi connectivity index (χ4n) is 4.43. The topological polar surface area (TPSA) is 63.0 Å². The Labute approximate surface area is 211 Å². The van der Waals surface area contributed by atoms with Gasteiger partial charge in [-0.3, -0.25) is 14.5 Å². The van der Waals surface area contributed by atoms with Gasteiger partial charge in [0.2, 0.25) is 0 Å². The number of hydrogen-bond donors (Lipinski definition) is 0. The summed E-state index contributed by atoms with van der Waals surface area (Å²) in [6.45, 7) is 5.12. The van der Waals surface area contributed by atoms with E-state index in [0.717, 1.165) is 30.7 Å². The zero-order valence-corrected chi connectivity index (χ0v) is 20.7. The quantitative estimate of drug-likeness (QED) is 0.365. The van der Waals surface area contributed by atoms with Crippen LogP contribution in [0.5, 0.6) is 0 Å². The highest BCUT2D eigenvalue weighted by Crippen LogP contribution is 2.22. The molecule has 1 atom stereocenters. The average Bonchev–Trinajstić information content (AvgIpc) is 3.34. The predicted molar refractivity (Wildman–Crippen MR) is 135 cm³/mol. The zero-order valence-electron chi connectivity index (χ0n) is 20.0. The third-order valence-corrected chi connectivity index (χ3v) is 6.40. The number of hydrogen-bond acceptors (Lipinski definition) is 5. The number of carbonyl (C=O) groups is 2. The van der Waals surface area contributed by atoms with Crippen LogP contribution in [0.3, 0.4) is 0 Å². The van der Waals surface area contributed by atoms with Crippen LogP contribution in [0, 0.1) is 5.92 Å². The largest absolute Gasteiger partial charge is 0.466 e. The molecule has 1 unspecified atom stereocenters. The van der Waals surface area contributed by atoms with Gasteiger partial charge in [0.1, 0.15) is 5.76 Å². The van der Waals surface area contributed by atoms with Crippen LogP contribution < -0.4 is 0 Å². The van der Waals surface area contributed by atoms with Gasteiger partial charge in [-0.1, -0.05) is 54.1 Å². The first kappa shape index (κ1) is 25.0. The Kier molecular flexibility index (Phi) is 8.61. The molecule has 0 saturated carbocycles. The molecule has 35 heavy (non-hydrogen) atoms. The van der Waals surface area contributed by atoms with E-state index in [9.17, 15) is 9.59 Å². The number of rotatable bonds is 9. The van der Waals surface area contributed by atoms with Crippen LogP contribution in [0.1, 0.15) is 47.2 Å². The van der Waals surface area contributed by atoms with Crippen molar-refractivity contribution in [1.82, 2.24) is 9.80 Å². The second kappa shape index (κ2) is 12.0. The number of nitrogens with zero attached hydrogens (tertiary/aromatic N) is 2. The number of benzene rings is 2. The summed E-state index contributed by atoms with van der Waals surface area (Å²) in [6, 6.07) is 21.7. The fraction of sp³-hybridized carbons (Fsp3) is 0.357. The Bertz CT molecular complexity index is 1110. The van der Waals surface area contributed by atoms with Crippen LogP contribution in [0.15, 0.2) is 71.1 Å². The van der Waals surface area contributed by atoms with Crippen LogP contribution in [-0.4, -0.2) is 41.4 Å². The molecular formula is C28H31ClN2O4. The summed E-state index contributed by atoms with van der Waals surface area (Å²) in [5.74, 6) is 0.331. The lowest BCUT2D eigenvalue weighted by Crippen LogP contribution is -2.42. The van der Waals surface area contributed by atoms with E-state index in [1.807, 2.05) is 48.5 Å². The van der Waals surface area contributed by atoms with E-state index in [1.54, 1.807) is 17.9 Å². The molecular weight excluding hydrogens is 464 g/mol. The van der Waals surface area contributed by atoms with Gasteiger partial charge in [0.25, 0.3) is 5.91 Å². The van der Waals surface area contributed by atoms with Gasteiger partial charge < -0.3 is 14.1 Å². The van der Waals surface area contributed by atoms with Gasteiger partial charge in [-0.25, -0.2) is 0 Å². The molecule has 1 saturated heterocycles. The van der Waals surface area contributed by atoms with E-state index in [-0.39, 0.29) is 17.8 Å². The SMILES string of the molecule is CCOC(=O)C1CCCN(C(=O)c2ccc(CN(Cc3ccccc3)Cc3ccc(Cl)cc3)o2)C1. The van der Waals surface area contributed by atoms with Gasteiger partial charge in [0, 0.05) is 31.2 Å². The third kappa shape index (κ3) is 6.96. The first-order valence-corrected chi connectivity index (χ1v) is 12.4. The summed E-state index contributed by atoms with van der Waals surface area (Å²) in [5, 5.41) is 0.709. The molecule has 0 N–H and O–H groups in total. The van der Waals surface area contributed by atoms with Crippen LogP contribution in [0.2, 0.25) is 5.02 Å². The summed E-state index contributed by atoms with van der Waals surface area (Å²) in [7, 11) is 0. The lowest BCUT2D eigenvalue weighted by molar-refractivity contribution is -0.149. The molecule has 1 aliphatic rings. The van der Waals surface area contributed by atoms with Crippen LogP contribution in [0.25, 0.3) is 0 Å². The van der Waals surface area contributed by atoms with Gasteiger partial charge in [-0.2, -0.15) is 0 Å². The maximum atomic E-state index is 13.1. The molecule has 1 fully saturated rings. The van der Waals surface area contributed by atoms with E-state index in [4.69, 9.17) is 20.8 Å². The van der Waals surface area contributed by atoms with Crippen LogP contribution in [-0.2, 0) is 29.2 Å². The first-order valence-electron chi connectivity index (χ1n) is 12.1. The van der Waals surface area contributed by atoms with Crippen molar-refractivity contribution in [2.24, 2.45) is 5.92 Å². The van der Waals surface area contributed by atoms with Crippen molar-refractivity contribution >= 4 is 23.5 Å². The minimum Gasteiger partial charge on any atom is -0.466 e. The van der Waals surface area contributed by atoms with Crippen molar-refractivity contribution in [2.45, 2.75) is 39.4 Å². The van der Waals surface area contributed by atoms with Crippen LogP contribution in [0.4, 0.5) is 0 Å². The molecule has 4 rings (SSSR count). The maximum Gasteiger partial charge on any atom is 0.310 e. The number of halogens is 1. The van der Waals surface area contributed by atoms with Crippen molar-refractivity contribution in [3.05, 3.63) is 94.4 Å². The Hall–Kier alpha value is -3.09. The number of furan rings is 1. The van der Waals surface area contributed by atoms with E-state index in [2.05, 4.69) is 17.0 Å². The van der Waals surface area contributed by atoms with Gasteiger partial charge >= 0.3 is 5.97 Å².